The zero-order valence-electron chi connectivity index (χ0n) is 9.03. The van der Waals surface area contributed by atoms with Crippen LogP contribution in [0.3, 0.4) is 0 Å². The predicted molar refractivity (Wildman–Crippen MR) is 69.3 cm³/mol. The van der Waals surface area contributed by atoms with Crippen molar-refractivity contribution in [1.82, 2.24) is 9.80 Å². The van der Waals surface area contributed by atoms with Crippen LogP contribution in [-0.2, 0) is 6.54 Å². The molecule has 0 atom stereocenters. The molecule has 2 rings (SSSR count). The molecule has 86 valence electrons. The van der Waals surface area contributed by atoms with Gasteiger partial charge in [-0.25, -0.2) is 0 Å². The van der Waals surface area contributed by atoms with Gasteiger partial charge in [0.15, 0.2) is 0 Å². The van der Waals surface area contributed by atoms with Crippen molar-refractivity contribution < 1.29 is 0 Å². The molecule has 0 spiro atoms. The van der Waals surface area contributed by atoms with Crippen molar-refractivity contribution in [2.75, 3.05) is 32.7 Å². The molecule has 1 fully saturated rings. The molecule has 2 heterocycles. The minimum atomic E-state index is 0.566. The molecule has 1 aliphatic heterocycles. The molecule has 0 aromatic carbocycles. The van der Waals surface area contributed by atoms with Gasteiger partial charge in [-0.2, -0.15) is 5.26 Å². The Morgan fingerprint density at radius 1 is 1.31 bits per heavy atom. The minimum absolute atomic E-state index is 0.566. The monoisotopic (exact) mass is 299 g/mol. The second-order valence-corrected chi connectivity index (χ2v) is 5.76. The molecule has 1 aromatic heterocycles. The third-order valence-electron chi connectivity index (χ3n) is 2.82. The Morgan fingerprint density at radius 3 is 2.56 bits per heavy atom. The molecule has 1 saturated heterocycles. The highest BCUT2D eigenvalue weighted by Crippen LogP contribution is 2.24. The van der Waals surface area contributed by atoms with E-state index in [9.17, 15) is 0 Å². The van der Waals surface area contributed by atoms with Crippen LogP contribution in [0, 0.1) is 11.3 Å². The molecule has 0 bridgehead atoms. The van der Waals surface area contributed by atoms with Gasteiger partial charge in [-0.05, 0) is 27.4 Å². The van der Waals surface area contributed by atoms with Crippen molar-refractivity contribution in [1.29, 1.82) is 5.26 Å². The standard InChI is InChI=1S/C11H14BrN3S/c12-10-1-8-16-11(10)9-15-6-4-14(3-2-13)5-7-15/h1,8H,3-7,9H2. The third kappa shape index (κ3) is 3.05. The van der Waals surface area contributed by atoms with Gasteiger partial charge < -0.3 is 0 Å². The number of piperazine rings is 1. The first-order valence-corrected chi connectivity index (χ1v) is 7.00. The lowest BCUT2D eigenvalue weighted by Crippen LogP contribution is -2.45. The molecule has 1 aliphatic rings. The molecule has 0 N–H and O–H groups in total. The summed E-state index contributed by atoms with van der Waals surface area (Å²) < 4.78 is 1.22. The Labute approximate surface area is 108 Å². The van der Waals surface area contributed by atoms with Crippen LogP contribution in [0.25, 0.3) is 0 Å². The van der Waals surface area contributed by atoms with E-state index in [1.807, 2.05) is 0 Å². The summed E-state index contributed by atoms with van der Waals surface area (Å²) in [5, 5.41) is 10.7. The topological polar surface area (TPSA) is 30.3 Å². The molecule has 3 nitrogen and oxygen atoms in total. The van der Waals surface area contributed by atoms with Crippen LogP contribution < -0.4 is 0 Å². The summed E-state index contributed by atoms with van der Waals surface area (Å²) in [5.41, 5.74) is 0. The lowest BCUT2D eigenvalue weighted by molar-refractivity contribution is 0.139. The Kier molecular flexibility index (Phi) is 4.36. The van der Waals surface area contributed by atoms with E-state index < -0.39 is 0 Å². The highest BCUT2D eigenvalue weighted by Gasteiger charge is 2.17. The van der Waals surface area contributed by atoms with Gasteiger partial charge in [-0.1, -0.05) is 0 Å². The van der Waals surface area contributed by atoms with Crippen LogP contribution >= 0.6 is 27.3 Å². The quantitative estimate of drug-likeness (QED) is 0.801. The lowest BCUT2D eigenvalue weighted by Gasteiger charge is -2.33. The Bertz CT molecular complexity index is 377. The highest BCUT2D eigenvalue weighted by atomic mass is 79.9. The molecule has 0 amide bonds. The smallest absolute Gasteiger partial charge is 0.0866 e. The summed E-state index contributed by atoms with van der Waals surface area (Å²) in [4.78, 5) is 6.05. The van der Waals surface area contributed by atoms with Crippen LogP contribution in [-0.4, -0.2) is 42.5 Å². The van der Waals surface area contributed by atoms with E-state index in [0.29, 0.717) is 6.54 Å². The van der Waals surface area contributed by atoms with E-state index >= 15 is 0 Å². The first-order valence-electron chi connectivity index (χ1n) is 5.33. The summed E-state index contributed by atoms with van der Waals surface area (Å²) in [7, 11) is 0. The number of nitriles is 1. The maximum absolute atomic E-state index is 8.62. The molecule has 0 aliphatic carbocycles. The maximum atomic E-state index is 8.62. The van der Waals surface area contributed by atoms with E-state index in [4.69, 9.17) is 5.26 Å². The minimum Gasteiger partial charge on any atom is -0.296 e. The third-order valence-corrected chi connectivity index (χ3v) is 4.73. The van der Waals surface area contributed by atoms with Crippen molar-refractivity contribution in [3.05, 3.63) is 20.8 Å². The average molecular weight is 300 g/mol. The Balaban J connectivity index is 1.82. The molecule has 0 unspecified atom stereocenters. The molecule has 0 radical (unpaired) electrons. The van der Waals surface area contributed by atoms with E-state index in [1.165, 1.54) is 9.35 Å². The fourth-order valence-corrected chi connectivity index (χ4v) is 3.37. The number of halogens is 1. The highest BCUT2D eigenvalue weighted by molar-refractivity contribution is 9.10. The van der Waals surface area contributed by atoms with Crippen molar-refractivity contribution in [3.63, 3.8) is 0 Å². The first-order chi connectivity index (χ1) is 7.79. The van der Waals surface area contributed by atoms with Crippen LogP contribution in [0.5, 0.6) is 0 Å². The van der Waals surface area contributed by atoms with Gasteiger partial charge in [0.2, 0.25) is 0 Å². The van der Waals surface area contributed by atoms with Gasteiger partial charge in [-0.15, -0.1) is 11.3 Å². The van der Waals surface area contributed by atoms with Gasteiger partial charge in [0.1, 0.15) is 0 Å². The molecular weight excluding hydrogens is 286 g/mol. The fourth-order valence-electron chi connectivity index (χ4n) is 1.85. The van der Waals surface area contributed by atoms with E-state index in [2.05, 4.69) is 43.2 Å². The maximum Gasteiger partial charge on any atom is 0.0866 e. The SMILES string of the molecule is N#CCN1CCN(Cc2sccc2Br)CC1. The van der Waals surface area contributed by atoms with Crippen molar-refractivity contribution >= 4 is 27.3 Å². The van der Waals surface area contributed by atoms with Crippen molar-refractivity contribution in [3.8, 4) is 6.07 Å². The van der Waals surface area contributed by atoms with E-state index in [-0.39, 0.29) is 0 Å². The summed E-state index contributed by atoms with van der Waals surface area (Å²) >= 11 is 5.36. The summed E-state index contributed by atoms with van der Waals surface area (Å²) in [5.74, 6) is 0. The second kappa shape index (κ2) is 5.78. The number of nitrogens with zero attached hydrogens (tertiary/aromatic N) is 3. The fraction of sp³-hybridized carbons (Fsp3) is 0.545. The van der Waals surface area contributed by atoms with Crippen molar-refractivity contribution in [2.24, 2.45) is 0 Å². The first kappa shape index (κ1) is 12.1. The van der Waals surface area contributed by atoms with Gasteiger partial charge >= 0.3 is 0 Å². The van der Waals surface area contributed by atoms with Crippen molar-refractivity contribution in [2.45, 2.75) is 6.54 Å². The average Bonchev–Trinajstić information content (AvgIpc) is 2.68. The van der Waals surface area contributed by atoms with Gasteiger partial charge in [-0.3, -0.25) is 9.80 Å². The predicted octanol–water partition coefficient (Wildman–Crippen LogP) is 2.15. The van der Waals surface area contributed by atoms with E-state index in [0.717, 1.165) is 32.7 Å². The summed E-state index contributed by atoms with van der Waals surface area (Å²) in [6.07, 6.45) is 0. The zero-order chi connectivity index (χ0) is 11.4. The largest absolute Gasteiger partial charge is 0.296 e. The molecule has 16 heavy (non-hydrogen) atoms. The summed E-state index contributed by atoms with van der Waals surface area (Å²) in [6.45, 7) is 5.74. The van der Waals surface area contributed by atoms with Crippen LogP contribution in [0.15, 0.2) is 15.9 Å². The second-order valence-electron chi connectivity index (χ2n) is 3.90. The zero-order valence-corrected chi connectivity index (χ0v) is 11.4. The van der Waals surface area contributed by atoms with Crippen LogP contribution in [0.1, 0.15) is 4.88 Å². The number of hydrogen-bond acceptors (Lipinski definition) is 4. The lowest BCUT2D eigenvalue weighted by atomic mass is 10.3. The molecule has 1 aromatic rings. The molecule has 0 saturated carbocycles. The van der Waals surface area contributed by atoms with Gasteiger partial charge in [0.25, 0.3) is 0 Å². The van der Waals surface area contributed by atoms with Gasteiger partial charge in [0, 0.05) is 42.1 Å². The number of thiophene rings is 1. The van der Waals surface area contributed by atoms with Crippen LogP contribution in [0.4, 0.5) is 0 Å². The Hall–Kier alpha value is -0.410. The summed E-state index contributed by atoms with van der Waals surface area (Å²) in [6, 6.07) is 4.31. The van der Waals surface area contributed by atoms with E-state index in [1.54, 1.807) is 11.3 Å². The van der Waals surface area contributed by atoms with Crippen LogP contribution in [0.2, 0.25) is 0 Å². The molecular formula is C11H14BrN3S. The molecule has 5 heteroatoms. The normalized spacial score (nSPS) is 18.5. The number of hydrogen-bond donors (Lipinski definition) is 0. The Morgan fingerprint density at radius 2 is 2.00 bits per heavy atom. The number of rotatable bonds is 3. The van der Waals surface area contributed by atoms with Gasteiger partial charge in [0.05, 0.1) is 12.6 Å².